The molecule has 2 N–H and O–H groups in total. The highest BCUT2D eigenvalue weighted by atomic mass is 35.5. The summed E-state index contributed by atoms with van der Waals surface area (Å²) in [7, 11) is 0. The fourth-order valence-electron chi connectivity index (χ4n) is 1.43. The van der Waals surface area contributed by atoms with Crippen molar-refractivity contribution in [2.24, 2.45) is 0 Å². The third-order valence-corrected chi connectivity index (χ3v) is 2.38. The number of rotatable bonds is 2. The Morgan fingerprint density at radius 2 is 2.40 bits per heavy atom. The van der Waals surface area contributed by atoms with E-state index in [2.05, 4.69) is 10.6 Å². The number of nitrogens with one attached hydrogen (secondary N) is 2. The summed E-state index contributed by atoms with van der Waals surface area (Å²) in [6.07, 6.45) is 0. The predicted octanol–water partition coefficient (Wildman–Crippen LogP) is 2.10. The van der Waals surface area contributed by atoms with Gasteiger partial charge in [-0.05, 0) is 13.0 Å². The molecule has 1 aliphatic heterocycles. The molecular weight excluding hydrogens is 216 g/mol. The maximum absolute atomic E-state index is 11.1. The van der Waals surface area contributed by atoms with Gasteiger partial charge < -0.3 is 15.4 Å². The molecule has 0 aromatic heterocycles. The molecule has 5 heteroatoms. The molecule has 1 aliphatic rings. The lowest BCUT2D eigenvalue weighted by atomic mass is 10.2. The SMILES string of the molecule is CCNc1cc2c(cc1Cl)NC(=O)CO2. The molecule has 1 heterocycles. The number of anilines is 2. The number of carbonyl (C=O) groups is 1. The minimum absolute atomic E-state index is 0.0558. The van der Waals surface area contributed by atoms with Crippen molar-refractivity contribution >= 4 is 28.9 Å². The highest BCUT2D eigenvalue weighted by molar-refractivity contribution is 6.33. The molecule has 0 aliphatic carbocycles. The Kier molecular flexibility index (Phi) is 2.68. The fourth-order valence-corrected chi connectivity index (χ4v) is 1.66. The lowest BCUT2D eigenvalue weighted by molar-refractivity contribution is -0.118. The number of carbonyl (C=O) groups excluding carboxylic acids is 1. The zero-order valence-corrected chi connectivity index (χ0v) is 9.02. The summed E-state index contributed by atoms with van der Waals surface area (Å²) in [4.78, 5) is 11.1. The molecule has 0 saturated heterocycles. The number of hydrogen-bond acceptors (Lipinski definition) is 3. The van der Waals surface area contributed by atoms with Crippen molar-refractivity contribution in [1.29, 1.82) is 0 Å². The number of hydrogen-bond donors (Lipinski definition) is 2. The van der Waals surface area contributed by atoms with Crippen LogP contribution in [0.1, 0.15) is 6.92 Å². The van der Waals surface area contributed by atoms with Crippen LogP contribution in [0.3, 0.4) is 0 Å². The van der Waals surface area contributed by atoms with Gasteiger partial charge in [0.05, 0.1) is 16.4 Å². The van der Waals surface area contributed by atoms with Crippen molar-refractivity contribution in [1.82, 2.24) is 0 Å². The van der Waals surface area contributed by atoms with Gasteiger partial charge in [0.25, 0.3) is 5.91 Å². The van der Waals surface area contributed by atoms with Crippen LogP contribution in [0.5, 0.6) is 5.75 Å². The summed E-state index contributed by atoms with van der Waals surface area (Å²) in [5.41, 5.74) is 1.44. The van der Waals surface area contributed by atoms with Crippen LogP contribution in [-0.4, -0.2) is 19.1 Å². The van der Waals surface area contributed by atoms with E-state index in [9.17, 15) is 4.79 Å². The average molecular weight is 227 g/mol. The van der Waals surface area contributed by atoms with Gasteiger partial charge in [0.15, 0.2) is 6.61 Å². The van der Waals surface area contributed by atoms with Crippen molar-refractivity contribution < 1.29 is 9.53 Å². The number of benzene rings is 1. The summed E-state index contributed by atoms with van der Waals surface area (Å²) in [6, 6.07) is 3.48. The number of fused-ring (bicyclic) bond motifs is 1. The Bertz CT molecular complexity index is 407. The molecule has 0 atom stereocenters. The molecule has 15 heavy (non-hydrogen) atoms. The predicted molar refractivity (Wildman–Crippen MR) is 59.7 cm³/mol. The Hall–Kier alpha value is -1.42. The monoisotopic (exact) mass is 226 g/mol. The third-order valence-electron chi connectivity index (χ3n) is 2.07. The minimum Gasteiger partial charge on any atom is -0.482 e. The van der Waals surface area contributed by atoms with Crippen LogP contribution >= 0.6 is 11.6 Å². The van der Waals surface area contributed by atoms with Crippen LogP contribution in [0.2, 0.25) is 5.02 Å². The second kappa shape index (κ2) is 3.98. The van der Waals surface area contributed by atoms with Gasteiger partial charge >= 0.3 is 0 Å². The topological polar surface area (TPSA) is 50.4 Å². The first-order valence-electron chi connectivity index (χ1n) is 4.70. The third kappa shape index (κ3) is 1.99. The van der Waals surface area contributed by atoms with Gasteiger partial charge in [-0.15, -0.1) is 0 Å². The van der Waals surface area contributed by atoms with E-state index in [1.54, 1.807) is 12.1 Å². The van der Waals surface area contributed by atoms with Gasteiger partial charge in [-0.2, -0.15) is 0 Å². The van der Waals surface area contributed by atoms with Crippen LogP contribution < -0.4 is 15.4 Å². The summed E-state index contributed by atoms with van der Waals surface area (Å²) < 4.78 is 5.27. The molecule has 0 spiro atoms. The Morgan fingerprint density at radius 3 is 3.13 bits per heavy atom. The van der Waals surface area contributed by atoms with E-state index < -0.39 is 0 Å². The van der Waals surface area contributed by atoms with Gasteiger partial charge in [-0.25, -0.2) is 0 Å². The molecule has 4 nitrogen and oxygen atoms in total. The Balaban J connectivity index is 2.37. The van der Waals surface area contributed by atoms with Gasteiger partial charge in [0.1, 0.15) is 5.75 Å². The van der Waals surface area contributed by atoms with Crippen LogP contribution in [0.4, 0.5) is 11.4 Å². The van der Waals surface area contributed by atoms with Crippen LogP contribution in [0, 0.1) is 0 Å². The molecule has 0 radical (unpaired) electrons. The Morgan fingerprint density at radius 1 is 1.60 bits per heavy atom. The van der Waals surface area contributed by atoms with Crippen molar-refractivity contribution in [2.75, 3.05) is 23.8 Å². The molecule has 0 unspecified atom stereocenters. The first-order chi connectivity index (χ1) is 7.20. The smallest absolute Gasteiger partial charge is 0.262 e. The largest absolute Gasteiger partial charge is 0.482 e. The maximum atomic E-state index is 11.1. The highest BCUT2D eigenvalue weighted by Gasteiger charge is 2.17. The zero-order chi connectivity index (χ0) is 10.8. The van der Waals surface area contributed by atoms with Crippen molar-refractivity contribution in [3.8, 4) is 5.75 Å². The lowest BCUT2D eigenvalue weighted by Crippen LogP contribution is -2.25. The molecule has 2 rings (SSSR count). The van der Waals surface area contributed by atoms with Crippen molar-refractivity contribution in [3.63, 3.8) is 0 Å². The molecular formula is C10H11ClN2O2. The lowest BCUT2D eigenvalue weighted by Gasteiger charge is -2.19. The van der Waals surface area contributed by atoms with Crippen molar-refractivity contribution in [3.05, 3.63) is 17.2 Å². The average Bonchev–Trinajstić information content (AvgIpc) is 2.20. The summed E-state index contributed by atoms with van der Waals surface area (Å²) in [5, 5.41) is 6.38. The van der Waals surface area contributed by atoms with E-state index in [0.717, 1.165) is 12.2 Å². The van der Waals surface area contributed by atoms with Gasteiger partial charge in [0.2, 0.25) is 0 Å². The second-order valence-electron chi connectivity index (χ2n) is 3.20. The first-order valence-corrected chi connectivity index (χ1v) is 5.08. The number of halogens is 1. The van der Waals surface area contributed by atoms with E-state index in [1.807, 2.05) is 6.92 Å². The molecule has 1 amide bonds. The first kappa shape index (κ1) is 10.1. The van der Waals surface area contributed by atoms with Gasteiger partial charge in [-0.3, -0.25) is 4.79 Å². The molecule has 1 aromatic carbocycles. The molecule has 80 valence electrons. The zero-order valence-electron chi connectivity index (χ0n) is 8.26. The minimum atomic E-state index is -0.158. The molecule has 0 fully saturated rings. The van der Waals surface area contributed by atoms with E-state index in [4.69, 9.17) is 16.3 Å². The molecule has 1 aromatic rings. The summed E-state index contributed by atoms with van der Waals surface area (Å²) >= 11 is 6.02. The fraction of sp³-hybridized carbons (Fsp3) is 0.300. The van der Waals surface area contributed by atoms with Crippen LogP contribution in [0.15, 0.2) is 12.1 Å². The van der Waals surface area contributed by atoms with Crippen LogP contribution in [-0.2, 0) is 4.79 Å². The Labute approximate surface area is 92.6 Å². The number of ether oxygens (including phenoxy) is 1. The highest BCUT2D eigenvalue weighted by Crippen LogP contribution is 2.36. The van der Waals surface area contributed by atoms with E-state index >= 15 is 0 Å². The summed E-state index contributed by atoms with van der Waals surface area (Å²) in [6.45, 7) is 2.82. The van der Waals surface area contributed by atoms with Gasteiger partial charge in [-0.1, -0.05) is 11.6 Å². The maximum Gasteiger partial charge on any atom is 0.262 e. The number of amides is 1. The quantitative estimate of drug-likeness (QED) is 0.812. The van der Waals surface area contributed by atoms with Gasteiger partial charge in [0, 0.05) is 12.6 Å². The van der Waals surface area contributed by atoms with E-state index in [-0.39, 0.29) is 12.5 Å². The molecule has 0 bridgehead atoms. The van der Waals surface area contributed by atoms with E-state index in [0.29, 0.717) is 16.5 Å². The summed E-state index contributed by atoms with van der Waals surface area (Å²) in [5.74, 6) is 0.490. The standard InChI is InChI=1S/C10H11ClN2O2/c1-2-12-7-4-9-8(3-6(7)11)13-10(14)5-15-9/h3-4,12H,2,5H2,1H3,(H,13,14). The normalized spacial score (nSPS) is 13.9. The molecule has 0 saturated carbocycles. The van der Waals surface area contributed by atoms with E-state index in [1.165, 1.54) is 0 Å². The van der Waals surface area contributed by atoms with Crippen molar-refractivity contribution in [2.45, 2.75) is 6.92 Å². The second-order valence-corrected chi connectivity index (χ2v) is 3.60. The van der Waals surface area contributed by atoms with Crippen LogP contribution in [0.25, 0.3) is 0 Å².